The predicted molar refractivity (Wildman–Crippen MR) is 80.6 cm³/mol. The number of fused-ring (bicyclic) bond motifs is 1. The molecule has 0 bridgehead atoms. The second-order valence-electron chi connectivity index (χ2n) is 5.96. The number of pyridine rings is 1. The van der Waals surface area contributed by atoms with Crippen LogP contribution >= 0.6 is 0 Å². The maximum Gasteiger partial charge on any atom is 0.163 e. The van der Waals surface area contributed by atoms with Gasteiger partial charge in [-0.3, -0.25) is 9.67 Å². The van der Waals surface area contributed by atoms with Gasteiger partial charge in [0.2, 0.25) is 0 Å². The van der Waals surface area contributed by atoms with Crippen LogP contribution in [0, 0.1) is 0 Å². The highest BCUT2D eigenvalue weighted by atomic mass is 15.4. The first-order valence-corrected chi connectivity index (χ1v) is 6.94. The molecular formula is C14H19N7. The molecule has 2 N–H and O–H groups in total. The largest absolute Gasteiger partial charge is 0.329 e. The Balaban J connectivity index is 2.21. The molecule has 0 radical (unpaired) electrons. The van der Waals surface area contributed by atoms with Crippen molar-refractivity contribution in [3.8, 4) is 11.5 Å². The number of rotatable bonds is 3. The summed E-state index contributed by atoms with van der Waals surface area (Å²) in [6.45, 7) is 7.60. The molecule has 0 aliphatic rings. The number of nitrogens with zero attached hydrogens (tertiary/aromatic N) is 6. The van der Waals surface area contributed by atoms with Gasteiger partial charge >= 0.3 is 0 Å². The lowest BCUT2D eigenvalue weighted by atomic mass is 10.1. The van der Waals surface area contributed by atoms with Crippen LogP contribution in [0.25, 0.3) is 22.6 Å². The minimum Gasteiger partial charge on any atom is -0.329 e. The Morgan fingerprint density at radius 3 is 2.81 bits per heavy atom. The van der Waals surface area contributed by atoms with Crippen molar-refractivity contribution >= 4 is 11.0 Å². The van der Waals surface area contributed by atoms with Gasteiger partial charge in [0.25, 0.3) is 0 Å². The van der Waals surface area contributed by atoms with Crippen LogP contribution in [0.2, 0.25) is 0 Å². The fourth-order valence-electron chi connectivity index (χ4n) is 2.43. The highest BCUT2D eigenvalue weighted by Crippen LogP contribution is 2.29. The van der Waals surface area contributed by atoms with Crippen molar-refractivity contribution in [2.75, 3.05) is 6.54 Å². The van der Waals surface area contributed by atoms with Crippen LogP contribution in [-0.2, 0) is 12.1 Å². The van der Waals surface area contributed by atoms with Gasteiger partial charge in [-0.25, -0.2) is 4.98 Å². The topological polar surface area (TPSA) is 87.4 Å². The van der Waals surface area contributed by atoms with Crippen LogP contribution in [0.3, 0.4) is 0 Å². The third-order valence-corrected chi connectivity index (χ3v) is 3.25. The van der Waals surface area contributed by atoms with Crippen molar-refractivity contribution in [3.05, 3.63) is 24.7 Å². The Labute approximate surface area is 122 Å². The minimum absolute atomic E-state index is 0.122. The molecule has 0 aromatic carbocycles. The van der Waals surface area contributed by atoms with Crippen molar-refractivity contribution in [1.82, 2.24) is 29.5 Å². The highest BCUT2D eigenvalue weighted by molar-refractivity contribution is 5.79. The van der Waals surface area contributed by atoms with Crippen LogP contribution in [0.4, 0.5) is 0 Å². The van der Waals surface area contributed by atoms with Crippen molar-refractivity contribution in [3.63, 3.8) is 0 Å². The molecule has 3 heterocycles. The molecular weight excluding hydrogens is 266 g/mol. The average molecular weight is 285 g/mol. The quantitative estimate of drug-likeness (QED) is 0.786. The van der Waals surface area contributed by atoms with Gasteiger partial charge in [-0.05, 0) is 26.8 Å². The van der Waals surface area contributed by atoms with E-state index in [1.54, 1.807) is 17.1 Å². The van der Waals surface area contributed by atoms with Crippen molar-refractivity contribution in [2.24, 2.45) is 5.73 Å². The first-order valence-electron chi connectivity index (χ1n) is 6.94. The summed E-state index contributed by atoms with van der Waals surface area (Å²) < 4.78 is 3.90. The Morgan fingerprint density at radius 2 is 2.10 bits per heavy atom. The summed E-state index contributed by atoms with van der Waals surface area (Å²) >= 11 is 0. The molecule has 3 rings (SSSR count). The van der Waals surface area contributed by atoms with Gasteiger partial charge < -0.3 is 10.3 Å². The van der Waals surface area contributed by atoms with Gasteiger partial charge in [0.05, 0.1) is 24.5 Å². The maximum atomic E-state index is 5.55. The Bertz CT molecular complexity index is 763. The Hall–Kier alpha value is -2.28. The van der Waals surface area contributed by atoms with Gasteiger partial charge in [-0.15, -0.1) is 5.10 Å². The molecule has 0 unspecified atom stereocenters. The van der Waals surface area contributed by atoms with Crippen LogP contribution in [0.1, 0.15) is 20.8 Å². The molecule has 0 aliphatic heterocycles. The van der Waals surface area contributed by atoms with E-state index in [1.807, 2.05) is 12.3 Å². The van der Waals surface area contributed by atoms with Crippen LogP contribution in [-0.4, -0.2) is 36.1 Å². The molecule has 0 saturated heterocycles. The fourth-order valence-corrected chi connectivity index (χ4v) is 2.43. The summed E-state index contributed by atoms with van der Waals surface area (Å²) in [6.07, 6.45) is 5.43. The molecule has 0 aliphatic carbocycles. The molecule has 7 heteroatoms. The summed E-state index contributed by atoms with van der Waals surface area (Å²) in [5, 5.41) is 8.32. The lowest BCUT2D eigenvalue weighted by Crippen LogP contribution is -2.22. The van der Waals surface area contributed by atoms with Crippen LogP contribution in [0.5, 0.6) is 0 Å². The van der Waals surface area contributed by atoms with Gasteiger partial charge in [0, 0.05) is 18.3 Å². The first kappa shape index (κ1) is 13.7. The van der Waals surface area contributed by atoms with E-state index >= 15 is 0 Å². The zero-order chi connectivity index (χ0) is 15.0. The number of imidazole rings is 1. The number of aromatic nitrogens is 6. The zero-order valence-electron chi connectivity index (χ0n) is 12.5. The van der Waals surface area contributed by atoms with E-state index in [0.717, 1.165) is 22.6 Å². The van der Waals surface area contributed by atoms with Crippen molar-refractivity contribution in [1.29, 1.82) is 0 Å². The standard InChI is InChI=1S/C14H19N7/c1-14(2,3)21-12-4-6-16-8-10(12)17-13(21)11-9-20(7-5-15)19-18-11/h4,6,8-9H,5,7,15H2,1-3H3. The van der Waals surface area contributed by atoms with Gasteiger partial charge in [-0.2, -0.15) is 0 Å². The van der Waals surface area contributed by atoms with Crippen molar-refractivity contribution in [2.45, 2.75) is 32.9 Å². The molecule has 0 saturated carbocycles. The molecule has 7 nitrogen and oxygen atoms in total. The third kappa shape index (κ3) is 2.40. The lowest BCUT2D eigenvalue weighted by Gasteiger charge is -2.23. The monoisotopic (exact) mass is 285 g/mol. The number of hydrogen-bond donors (Lipinski definition) is 1. The van der Waals surface area contributed by atoms with E-state index in [4.69, 9.17) is 5.73 Å². The fraction of sp³-hybridized carbons (Fsp3) is 0.429. The zero-order valence-corrected chi connectivity index (χ0v) is 12.5. The van der Waals surface area contributed by atoms with Crippen LogP contribution in [0.15, 0.2) is 24.7 Å². The van der Waals surface area contributed by atoms with Gasteiger partial charge in [0.1, 0.15) is 11.2 Å². The molecule has 0 fully saturated rings. The van der Waals surface area contributed by atoms with Gasteiger partial charge in [0.15, 0.2) is 5.82 Å². The van der Waals surface area contributed by atoms with Crippen LogP contribution < -0.4 is 5.73 Å². The smallest absolute Gasteiger partial charge is 0.163 e. The minimum atomic E-state index is -0.122. The van der Waals surface area contributed by atoms with E-state index in [9.17, 15) is 0 Å². The number of nitrogens with two attached hydrogens (primary N) is 1. The van der Waals surface area contributed by atoms with Crippen molar-refractivity contribution < 1.29 is 0 Å². The van der Waals surface area contributed by atoms with E-state index in [0.29, 0.717) is 13.1 Å². The van der Waals surface area contributed by atoms with Gasteiger partial charge in [-0.1, -0.05) is 5.21 Å². The summed E-state index contributed by atoms with van der Waals surface area (Å²) in [6, 6.07) is 1.97. The van der Waals surface area contributed by atoms with E-state index in [-0.39, 0.29) is 5.54 Å². The summed E-state index contributed by atoms with van der Waals surface area (Å²) in [7, 11) is 0. The lowest BCUT2D eigenvalue weighted by molar-refractivity contribution is 0.412. The molecule has 110 valence electrons. The SMILES string of the molecule is CC(C)(C)n1c(-c2cn(CCN)nn2)nc2cnccc21. The highest BCUT2D eigenvalue weighted by Gasteiger charge is 2.23. The third-order valence-electron chi connectivity index (χ3n) is 3.25. The summed E-state index contributed by atoms with van der Waals surface area (Å²) in [5.41, 5.74) is 8.07. The second-order valence-corrected chi connectivity index (χ2v) is 5.96. The molecule has 0 spiro atoms. The second kappa shape index (κ2) is 4.92. The molecule has 0 atom stereocenters. The summed E-state index contributed by atoms with van der Waals surface area (Å²) in [5.74, 6) is 0.800. The number of hydrogen-bond acceptors (Lipinski definition) is 5. The first-order chi connectivity index (χ1) is 10.0. The molecule has 3 aromatic rings. The molecule has 21 heavy (non-hydrogen) atoms. The van der Waals surface area contributed by atoms with E-state index in [1.165, 1.54) is 0 Å². The van der Waals surface area contributed by atoms with E-state index < -0.39 is 0 Å². The Morgan fingerprint density at radius 1 is 1.29 bits per heavy atom. The molecule has 3 aromatic heterocycles. The average Bonchev–Trinajstić information content (AvgIpc) is 3.01. The Kier molecular flexibility index (Phi) is 3.21. The normalized spacial score (nSPS) is 12.2. The predicted octanol–water partition coefficient (Wildman–Crippen LogP) is 1.40. The summed E-state index contributed by atoms with van der Waals surface area (Å²) in [4.78, 5) is 8.82. The van der Waals surface area contributed by atoms with E-state index in [2.05, 4.69) is 45.6 Å². The molecule has 0 amide bonds. The maximum absolute atomic E-state index is 5.55.